The molecule has 0 amide bonds. The summed E-state index contributed by atoms with van der Waals surface area (Å²) >= 11 is 7.03. The molecule has 0 radical (unpaired) electrons. The van der Waals surface area contributed by atoms with Crippen molar-refractivity contribution in [2.45, 2.75) is 4.90 Å². The van der Waals surface area contributed by atoms with E-state index in [1.54, 1.807) is 30.5 Å². The van der Waals surface area contributed by atoms with Crippen LogP contribution in [0.25, 0.3) is 6.08 Å². The normalized spacial score (nSPS) is 11.6. The molecule has 2 aromatic carbocycles. The van der Waals surface area contributed by atoms with Gasteiger partial charge in [0.2, 0.25) is 0 Å². The number of sulfonamides is 1. The first kappa shape index (κ1) is 18.4. The molecule has 0 spiro atoms. The Bertz CT molecular complexity index is 877. The van der Waals surface area contributed by atoms with Gasteiger partial charge in [0, 0.05) is 9.92 Å². The summed E-state index contributed by atoms with van der Waals surface area (Å²) in [4.78, 5) is 11.5. The predicted octanol–water partition coefficient (Wildman–Crippen LogP) is 4.17. The van der Waals surface area contributed by atoms with Crippen molar-refractivity contribution >= 4 is 51.1 Å². The monoisotopic (exact) mass is 383 g/mol. The second-order valence-electron chi connectivity index (χ2n) is 4.72. The highest BCUT2D eigenvalue weighted by Gasteiger charge is 2.12. The van der Waals surface area contributed by atoms with Crippen LogP contribution in [0, 0.1) is 0 Å². The fourth-order valence-electron chi connectivity index (χ4n) is 1.84. The Kier molecular flexibility index (Phi) is 5.93. The van der Waals surface area contributed by atoms with E-state index in [0.29, 0.717) is 21.2 Å². The number of rotatable bonds is 6. The van der Waals surface area contributed by atoms with Crippen LogP contribution in [0.4, 0.5) is 5.69 Å². The number of carboxylic acid groups (broad SMARTS) is 1. The number of carboxylic acids is 1. The zero-order valence-electron chi connectivity index (χ0n) is 12.6. The summed E-state index contributed by atoms with van der Waals surface area (Å²) in [6.07, 6.45) is 3.19. The average molecular weight is 384 g/mol. The largest absolute Gasteiger partial charge is 0.478 e. The van der Waals surface area contributed by atoms with Crippen molar-refractivity contribution in [2.75, 3.05) is 11.0 Å². The first-order chi connectivity index (χ1) is 11.3. The van der Waals surface area contributed by atoms with E-state index in [-0.39, 0.29) is 5.56 Å². The maximum absolute atomic E-state index is 12.2. The molecule has 126 valence electrons. The summed E-state index contributed by atoms with van der Waals surface area (Å²) < 4.78 is 26.8. The second-order valence-corrected chi connectivity index (χ2v) is 7.57. The predicted molar refractivity (Wildman–Crippen MR) is 98.2 cm³/mol. The number of benzene rings is 2. The first-order valence-electron chi connectivity index (χ1n) is 6.68. The summed E-state index contributed by atoms with van der Waals surface area (Å²) in [6.45, 7) is 0. The topological polar surface area (TPSA) is 83.5 Å². The molecule has 0 aliphatic carbocycles. The number of carbonyl (C=O) groups is 1. The molecule has 0 atom stereocenters. The van der Waals surface area contributed by atoms with Gasteiger partial charge in [-0.3, -0.25) is 4.72 Å². The van der Waals surface area contributed by atoms with Crippen LogP contribution in [-0.4, -0.2) is 25.7 Å². The zero-order valence-corrected chi connectivity index (χ0v) is 15.0. The molecule has 2 aromatic rings. The minimum Gasteiger partial charge on any atom is -0.478 e. The molecular formula is C16H14ClNO4S2. The highest BCUT2D eigenvalue weighted by atomic mass is 35.5. The van der Waals surface area contributed by atoms with Gasteiger partial charge in [-0.15, -0.1) is 11.8 Å². The van der Waals surface area contributed by atoms with Gasteiger partial charge in [-0.25, -0.2) is 13.2 Å². The molecule has 0 aliphatic rings. The van der Waals surface area contributed by atoms with E-state index >= 15 is 0 Å². The van der Waals surface area contributed by atoms with Crippen LogP contribution in [0.15, 0.2) is 52.8 Å². The van der Waals surface area contributed by atoms with Gasteiger partial charge < -0.3 is 5.11 Å². The van der Waals surface area contributed by atoms with E-state index in [2.05, 4.69) is 4.72 Å². The van der Waals surface area contributed by atoms with Gasteiger partial charge in [0.05, 0.1) is 16.7 Å². The van der Waals surface area contributed by atoms with Gasteiger partial charge >= 0.3 is 5.97 Å². The smallest absolute Gasteiger partial charge is 0.335 e. The Labute approximate surface area is 149 Å². The lowest BCUT2D eigenvalue weighted by Crippen LogP contribution is -2.10. The number of thioether (sulfide) groups is 1. The summed E-state index contributed by atoms with van der Waals surface area (Å²) in [6, 6.07) is 10.9. The molecule has 0 aliphatic heterocycles. The summed E-state index contributed by atoms with van der Waals surface area (Å²) in [5.74, 6) is -1.07. The van der Waals surface area contributed by atoms with Crippen LogP contribution in [0.5, 0.6) is 0 Å². The second kappa shape index (κ2) is 7.74. The Morgan fingerprint density at radius 3 is 2.46 bits per heavy atom. The molecule has 0 unspecified atom stereocenters. The van der Waals surface area contributed by atoms with Gasteiger partial charge in [0.25, 0.3) is 10.0 Å². The number of halogens is 1. The van der Waals surface area contributed by atoms with Crippen LogP contribution in [0.2, 0.25) is 5.02 Å². The third-order valence-corrected chi connectivity index (χ3v) is 5.04. The van der Waals surface area contributed by atoms with Crippen molar-refractivity contribution < 1.29 is 18.3 Å². The third-order valence-electron chi connectivity index (χ3n) is 3.01. The van der Waals surface area contributed by atoms with Gasteiger partial charge in [0.15, 0.2) is 0 Å². The van der Waals surface area contributed by atoms with E-state index in [1.165, 1.54) is 36.0 Å². The van der Waals surface area contributed by atoms with Crippen molar-refractivity contribution in [1.82, 2.24) is 0 Å². The van der Waals surface area contributed by atoms with E-state index in [0.717, 1.165) is 5.41 Å². The van der Waals surface area contributed by atoms with Crippen molar-refractivity contribution in [3.63, 3.8) is 0 Å². The maximum Gasteiger partial charge on any atom is 0.335 e. The highest BCUT2D eigenvalue weighted by Crippen LogP contribution is 2.27. The van der Waals surface area contributed by atoms with Gasteiger partial charge in [-0.05, 0) is 48.2 Å². The van der Waals surface area contributed by atoms with Crippen LogP contribution in [0.1, 0.15) is 15.9 Å². The molecular weight excluding hydrogens is 370 g/mol. The number of nitrogens with one attached hydrogen (secondary N) is 1. The Hall–Kier alpha value is -1.96. The molecule has 0 fully saturated rings. The average Bonchev–Trinajstić information content (AvgIpc) is 2.54. The number of aromatic carboxylic acids is 1. The van der Waals surface area contributed by atoms with Gasteiger partial charge in [0.1, 0.15) is 0 Å². The molecule has 0 heterocycles. The molecule has 8 heteroatoms. The quantitative estimate of drug-likeness (QED) is 0.731. The third kappa shape index (κ3) is 5.02. The minimum atomic E-state index is -3.73. The summed E-state index contributed by atoms with van der Waals surface area (Å²) in [5, 5.41) is 10.6. The Morgan fingerprint density at radius 1 is 1.21 bits per heavy atom. The lowest BCUT2D eigenvalue weighted by molar-refractivity contribution is 0.0696. The van der Waals surface area contributed by atoms with Crippen LogP contribution in [-0.2, 0) is 10.0 Å². The number of hydrogen-bond acceptors (Lipinski definition) is 4. The Morgan fingerprint density at radius 2 is 1.88 bits per heavy atom. The molecule has 2 rings (SSSR count). The Balaban J connectivity index is 2.22. The van der Waals surface area contributed by atoms with E-state index < -0.39 is 16.0 Å². The van der Waals surface area contributed by atoms with Crippen LogP contribution >= 0.6 is 23.4 Å². The molecule has 5 nitrogen and oxygen atoms in total. The number of hydrogen-bond donors (Lipinski definition) is 2. The van der Waals surface area contributed by atoms with Crippen molar-refractivity contribution in [1.29, 1.82) is 0 Å². The lowest BCUT2D eigenvalue weighted by Gasteiger charge is -2.10. The van der Waals surface area contributed by atoms with Crippen LogP contribution in [0.3, 0.4) is 0 Å². The minimum absolute atomic E-state index is 0.0963. The molecule has 0 aromatic heterocycles. The zero-order chi connectivity index (χ0) is 17.7. The van der Waals surface area contributed by atoms with Crippen molar-refractivity contribution in [3.05, 3.63) is 64.0 Å². The summed E-state index contributed by atoms with van der Waals surface area (Å²) in [7, 11) is -3.73. The number of anilines is 1. The molecule has 0 bridgehead atoms. The van der Waals surface area contributed by atoms with Gasteiger partial charge in [-0.1, -0.05) is 23.7 Å². The van der Waals surface area contributed by atoms with E-state index in [4.69, 9.17) is 16.7 Å². The fraction of sp³-hybridized carbons (Fsp3) is 0.0625. The lowest BCUT2D eigenvalue weighted by atomic mass is 10.2. The van der Waals surface area contributed by atoms with Crippen molar-refractivity contribution in [2.24, 2.45) is 0 Å². The standard InChI is InChI=1S/C16H14ClNO4S2/c1-23-15-10-12(16(19)20)4-7-14(15)18-24(21,22)9-8-11-2-5-13(17)6-3-11/h2-10,18H,1H3,(H,19,20)/b9-8+. The maximum atomic E-state index is 12.2. The SMILES string of the molecule is CSc1cc(C(=O)O)ccc1NS(=O)(=O)/C=C/c1ccc(Cl)cc1. The molecule has 24 heavy (non-hydrogen) atoms. The van der Waals surface area contributed by atoms with E-state index in [1.807, 2.05) is 0 Å². The van der Waals surface area contributed by atoms with E-state index in [9.17, 15) is 13.2 Å². The molecule has 0 saturated heterocycles. The molecule has 0 saturated carbocycles. The van der Waals surface area contributed by atoms with Crippen LogP contribution < -0.4 is 4.72 Å². The fourth-order valence-corrected chi connectivity index (χ4v) is 3.50. The first-order valence-corrected chi connectivity index (χ1v) is 9.83. The highest BCUT2D eigenvalue weighted by molar-refractivity contribution is 7.99. The summed E-state index contributed by atoms with van der Waals surface area (Å²) in [5.41, 5.74) is 1.11. The molecule has 2 N–H and O–H groups in total. The van der Waals surface area contributed by atoms with Gasteiger partial charge in [-0.2, -0.15) is 0 Å². The van der Waals surface area contributed by atoms with Crippen molar-refractivity contribution in [3.8, 4) is 0 Å².